The summed E-state index contributed by atoms with van der Waals surface area (Å²) in [5.74, 6) is -0.371. The van der Waals surface area contributed by atoms with Crippen molar-refractivity contribution in [2.24, 2.45) is 5.73 Å². The summed E-state index contributed by atoms with van der Waals surface area (Å²) in [5, 5.41) is 0. The molecule has 110 valence electrons. The molecule has 2 N–H and O–H groups in total. The lowest BCUT2D eigenvalue weighted by Crippen LogP contribution is -2.13. The first kappa shape index (κ1) is 15.2. The van der Waals surface area contributed by atoms with Crippen LogP contribution < -0.4 is 10.5 Å². The third kappa shape index (κ3) is 3.69. The minimum Gasteiger partial charge on any atom is -0.457 e. The van der Waals surface area contributed by atoms with Crippen LogP contribution in [0.15, 0.2) is 42.5 Å². The van der Waals surface area contributed by atoms with E-state index in [0.717, 1.165) is 24.3 Å². The number of hydrogen-bond acceptors (Lipinski definition) is 2. The van der Waals surface area contributed by atoms with Gasteiger partial charge in [0.1, 0.15) is 22.3 Å². The first-order chi connectivity index (χ1) is 9.77. The van der Waals surface area contributed by atoms with Crippen LogP contribution in [0.3, 0.4) is 0 Å². The topological polar surface area (TPSA) is 35.2 Å². The molecule has 2 aromatic rings. The van der Waals surface area contributed by atoms with Crippen LogP contribution in [0.5, 0.6) is 11.5 Å². The molecule has 0 saturated carbocycles. The molecule has 0 amide bonds. The Labute approximate surface area is 123 Å². The van der Waals surface area contributed by atoms with E-state index in [9.17, 15) is 17.6 Å². The van der Waals surface area contributed by atoms with Crippen LogP contribution >= 0.6 is 12.2 Å². The Morgan fingerprint density at radius 3 is 2.38 bits per heavy atom. The molecular weight excluding hydrogens is 306 g/mol. The summed E-state index contributed by atoms with van der Waals surface area (Å²) in [5.41, 5.74) is 4.46. The van der Waals surface area contributed by atoms with E-state index in [1.807, 2.05) is 0 Å². The summed E-state index contributed by atoms with van der Waals surface area (Å²) >= 11 is 4.73. The van der Waals surface area contributed by atoms with E-state index in [1.165, 1.54) is 18.2 Å². The average molecular weight is 315 g/mol. The van der Waals surface area contributed by atoms with Crippen molar-refractivity contribution in [2.75, 3.05) is 0 Å². The summed E-state index contributed by atoms with van der Waals surface area (Å²) in [6.07, 6.45) is -4.52. The summed E-state index contributed by atoms with van der Waals surface area (Å²) in [7, 11) is 0. The Morgan fingerprint density at radius 1 is 1.10 bits per heavy atom. The molecular formula is C14H9F4NOS. The van der Waals surface area contributed by atoms with E-state index in [1.54, 1.807) is 0 Å². The first-order valence-corrected chi connectivity index (χ1v) is 6.12. The van der Waals surface area contributed by atoms with Gasteiger partial charge in [0.05, 0.1) is 11.1 Å². The molecule has 2 aromatic carbocycles. The van der Waals surface area contributed by atoms with Crippen molar-refractivity contribution in [3.05, 3.63) is 59.4 Å². The number of halogens is 4. The number of hydrogen-bond donors (Lipinski definition) is 1. The lowest BCUT2D eigenvalue weighted by Gasteiger charge is -2.13. The van der Waals surface area contributed by atoms with Gasteiger partial charge in [-0.05, 0) is 30.3 Å². The van der Waals surface area contributed by atoms with Gasteiger partial charge in [-0.1, -0.05) is 18.3 Å². The van der Waals surface area contributed by atoms with Gasteiger partial charge in [-0.3, -0.25) is 0 Å². The highest BCUT2D eigenvalue weighted by Gasteiger charge is 2.31. The Kier molecular flexibility index (Phi) is 4.13. The maximum Gasteiger partial charge on any atom is 0.416 e. The normalized spacial score (nSPS) is 11.2. The van der Waals surface area contributed by atoms with E-state index in [2.05, 4.69) is 0 Å². The van der Waals surface area contributed by atoms with Crippen molar-refractivity contribution >= 4 is 17.2 Å². The molecule has 7 heteroatoms. The zero-order valence-electron chi connectivity index (χ0n) is 10.4. The van der Waals surface area contributed by atoms with Crippen molar-refractivity contribution < 1.29 is 22.3 Å². The van der Waals surface area contributed by atoms with Gasteiger partial charge in [-0.25, -0.2) is 4.39 Å². The largest absolute Gasteiger partial charge is 0.457 e. The molecule has 2 nitrogen and oxygen atoms in total. The molecule has 0 aliphatic rings. The maximum atomic E-state index is 13.1. The minimum atomic E-state index is -4.52. The van der Waals surface area contributed by atoms with Crippen LogP contribution in [0.2, 0.25) is 0 Å². The second-order valence-corrected chi connectivity index (χ2v) is 4.57. The van der Waals surface area contributed by atoms with Crippen LogP contribution in [-0.4, -0.2) is 4.99 Å². The number of alkyl halides is 3. The van der Waals surface area contributed by atoms with Gasteiger partial charge in [0.25, 0.3) is 0 Å². The fourth-order valence-corrected chi connectivity index (χ4v) is 1.80. The fraction of sp³-hybridized carbons (Fsp3) is 0.0714. The Balaban J connectivity index is 2.42. The van der Waals surface area contributed by atoms with Crippen LogP contribution in [0.4, 0.5) is 17.6 Å². The van der Waals surface area contributed by atoms with Crippen molar-refractivity contribution in [2.45, 2.75) is 6.18 Å². The quantitative estimate of drug-likeness (QED) is 0.678. The summed E-state index contributed by atoms with van der Waals surface area (Å²) in [6, 6.07) is 7.93. The molecule has 0 aromatic heterocycles. The predicted molar refractivity (Wildman–Crippen MR) is 73.8 cm³/mol. The van der Waals surface area contributed by atoms with Crippen LogP contribution in [-0.2, 0) is 6.18 Å². The maximum absolute atomic E-state index is 13.1. The Bertz CT molecular complexity index is 685. The van der Waals surface area contributed by atoms with Crippen molar-refractivity contribution in [1.82, 2.24) is 0 Å². The van der Waals surface area contributed by atoms with Gasteiger partial charge in [0.15, 0.2) is 0 Å². The molecule has 0 bridgehead atoms. The van der Waals surface area contributed by atoms with E-state index < -0.39 is 17.6 Å². The first-order valence-electron chi connectivity index (χ1n) is 5.72. The molecule has 0 aliphatic carbocycles. The van der Waals surface area contributed by atoms with Crippen molar-refractivity contribution in [3.8, 4) is 11.5 Å². The average Bonchev–Trinajstić information content (AvgIpc) is 2.37. The van der Waals surface area contributed by atoms with Gasteiger partial charge in [0.2, 0.25) is 0 Å². The van der Waals surface area contributed by atoms with Crippen LogP contribution in [0, 0.1) is 5.82 Å². The molecule has 0 aliphatic heterocycles. The number of nitrogens with two attached hydrogens (primary N) is 1. The second kappa shape index (κ2) is 5.69. The molecule has 0 unspecified atom stereocenters. The van der Waals surface area contributed by atoms with Crippen molar-refractivity contribution in [1.29, 1.82) is 0 Å². The third-order valence-corrected chi connectivity index (χ3v) is 2.82. The van der Waals surface area contributed by atoms with E-state index in [0.29, 0.717) is 0 Å². The van der Waals surface area contributed by atoms with E-state index in [4.69, 9.17) is 22.7 Å². The van der Waals surface area contributed by atoms with Crippen molar-refractivity contribution in [3.63, 3.8) is 0 Å². The van der Waals surface area contributed by atoms with Crippen LogP contribution in [0.25, 0.3) is 0 Å². The van der Waals surface area contributed by atoms with E-state index >= 15 is 0 Å². The smallest absolute Gasteiger partial charge is 0.416 e. The molecule has 0 spiro atoms. The summed E-state index contributed by atoms with van der Waals surface area (Å²) < 4.78 is 56.4. The number of thiocarbonyl (C=S) groups is 1. The fourth-order valence-electron chi connectivity index (χ4n) is 1.65. The Morgan fingerprint density at radius 2 is 1.81 bits per heavy atom. The van der Waals surface area contributed by atoms with Gasteiger partial charge in [0, 0.05) is 6.07 Å². The highest BCUT2D eigenvalue weighted by molar-refractivity contribution is 7.80. The summed E-state index contributed by atoms with van der Waals surface area (Å²) in [6.45, 7) is 0. The molecule has 0 saturated heterocycles. The van der Waals surface area contributed by atoms with Crippen LogP contribution in [0.1, 0.15) is 11.1 Å². The molecule has 21 heavy (non-hydrogen) atoms. The van der Waals surface area contributed by atoms with Gasteiger partial charge in [-0.15, -0.1) is 0 Å². The lowest BCUT2D eigenvalue weighted by atomic mass is 10.1. The molecule has 2 rings (SSSR count). The third-order valence-electron chi connectivity index (χ3n) is 2.60. The zero-order valence-corrected chi connectivity index (χ0v) is 11.3. The highest BCUT2D eigenvalue weighted by Crippen LogP contribution is 2.34. The Hall–Kier alpha value is -2.15. The minimum absolute atomic E-state index is 0.0288. The molecule has 0 fully saturated rings. The summed E-state index contributed by atoms with van der Waals surface area (Å²) in [4.78, 5) is -0.243. The SMILES string of the molecule is NC(=S)c1cc(C(F)(F)F)ccc1Oc1cccc(F)c1. The lowest BCUT2D eigenvalue weighted by molar-refractivity contribution is -0.137. The van der Waals surface area contributed by atoms with E-state index in [-0.39, 0.29) is 22.1 Å². The molecule has 0 radical (unpaired) electrons. The molecule has 0 heterocycles. The zero-order chi connectivity index (χ0) is 15.6. The highest BCUT2D eigenvalue weighted by atomic mass is 32.1. The van der Waals surface area contributed by atoms with Gasteiger partial charge < -0.3 is 10.5 Å². The number of benzene rings is 2. The monoisotopic (exact) mass is 315 g/mol. The second-order valence-electron chi connectivity index (χ2n) is 4.13. The number of ether oxygens (including phenoxy) is 1. The molecule has 0 atom stereocenters. The predicted octanol–water partition coefficient (Wildman–Crippen LogP) is 4.27. The van der Waals surface area contributed by atoms with Gasteiger partial charge in [-0.2, -0.15) is 13.2 Å². The van der Waals surface area contributed by atoms with Gasteiger partial charge >= 0.3 is 6.18 Å². The number of rotatable bonds is 3. The standard InChI is InChI=1S/C14H9F4NOS/c15-9-2-1-3-10(7-9)20-12-5-4-8(14(16,17)18)6-11(12)13(19)21/h1-7H,(H2,19,21).